The SMILES string of the molecule is C/C(=C/CC[C@@H](C)[C@H]1CC[C@]2(C)C3=CC[C@H]4C(C)(C)/C(=N/O)CC[C@]4(C)[C@H]3CC[C@@]12C)C(=O)O. The van der Waals surface area contributed by atoms with Gasteiger partial charge in [0.25, 0.3) is 0 Å². The van der Waals surface area contributed by atoms with Gasteiger partial charge in [0.05, 0.1) is 5.71 Å². The van der Waals surface area contributed by atoms with Crippen LogP contribution in [-0.2, 0) is 4.79 Å². The lowest BCUT2D eigenvalue weighted by atomic mass is 9.41. The van der Waals surface area contributed by atoms with E-state index in [1.54, 1.807) is 12.5 Å². The highest BCUT2D eigenvalue weighted by Crippen LogP contribution is 2.73. The van der Waals surface area contributed by atoms with Crippen LogP contribution in [0, 0.1) is 45.3 Å². The van der Waals surface area contributed by atoms with Crippen molar-refractivity contribution in [2.75, 3.05) is 0 Å². The molecule has 0 radical (unpaired) electrons. The maximum absolute atomic E-state index is 11.2. The predicted octanol–water partition coefficient (Wildman–Crippen LogP) is 7.87. The molecule has 2 N–H and O–H groups in total. The first-order valence-electron chi connectivity index (χ1n) is 13.6. The summed E-state index contributed by atoms with van der Waals surface area (Å²) in [5.41, 5.74) is 3.98. The maximum atomic E-state index is 11.2. The highest BCUT2D eigenvalue weighted by molar-refractivity contribution is 5.90. The second-order valence-electron chi connectivity index (χ2n) is 13.5. The topological polar surface area (TPSA) is 69.9 Å². The Morgan fingerprint density at radius 1 is 1.18 bits per heavy atom. The molecule has 4 heteroatoms. The maximum Gasteiger partial charge on any atom is 0.330 e. The van der Waals surface area contributed by atoms with Gasteiger partial charge in [0.1, 0.15) is 0 Å². The first-order chi connectivity index (χ1) is 15.8. The first-order valence-corrected chi connectivity index (χ1v) is 13.6. The highest BCUT2D eigenvalue weighted by atomic mass is 16.4. The van der Waals surface area contributed by atoms with Gasteiger partial charge in [-0.2, -0.15) is 0 Å². The lowest BCUT2D eigenvalue weighted by Gasteiger charge is -2.63. The Kier molecular flexibility index (Phi) is 6.39. The molecule has 34 heavy (non-hydrogen) atoms. The molecule has 0 unspecified atom stereocenters. The molecule has 0 aromatic carbocycles. The zero-order valence-corrected chi connectivity index (χ0v) is 22.6. The molecule has 0 spiro atoms. The molecule has 4 aliphatic carbocycles. The lowest BCUT2D eigenvalue weighted by molar-refractivity contribution is -0.132. The first kappa shape index (κ1) is 25.5. The minimum atomic E-state index is -0.800. The Hall–Kier alpha value is -1.58. The van der Waals surface area contributed by atoms with E-state index in [9.17, 15) is 10.0 Å². The minimum Gasteiger partial charge on any atom is -0.478 e. The summed E-state index contributed by atoms with van der Waals surface area (Å²) < 4.78 is 0. The van der Waals surface area contributed by atoms with Crippen LogP contribution < -0.4 is 0 Å². The van der Waals surface area contributed by atoms with Gasteiger partial charge in [-0.05, 0) is 105 Å². The van der Waals surface area contributed by atoms with Crippen molar-refractivity contribution >= 4 is 11.7 Å². The van der Waals surface area contributed by atoms with Crippen molar-refractivity contribution in [3.8, 4) is 0 Å². The van der Waals surface area contributed by atoms with Crippen LogP contribution >= 0.6 is 0 Å². The van der Waals surface area contributed by atoms with Crippen LogP contribution in [0.2, 0.25) is 0 Å². The van der Waals surface area contributed by atoms with Gasteiger partial charge in [-0.25, -0.2) is 4.79 Å². The molecular formula is C30H47NO3. The molecule has 0 saturated heterocycles. The number of carbonyl (C=O) groups is 1. The fourth-order valence-corrected chi connectivity index (χ4v) is 9.51. The van der Waals surface area contributed by atoms with Crippen molar-refractivity contribution in [3.63, 3.8) is 0 Å². The zero-order valence-electron chi connectivity index (χ0n) is 22.6. The van der Waals surface area contributed by atoms with Crippen molar-refractivity contribution in [2.24, 2.45) is 50.5 Å². The van der Waals surface area contributed by atoms with Crippen LogP contribution in [0.4, 0.5) is 0 Å². The highest BCUT2D eigenvalue weighted by Gasteiger charge is 2.65. The van der Waals surface area contributed by atoms with Gasteiger partial charge in [-0.1, -0.05) is 64.4 Å². The van der Waals surface area contributed by atoms with Crippen LogP contribution in [0.15, 0.2) is 28.5 Å². The van der Waals surface area contributed by atoms with Crippen LogP contribution in [0.1, 0.15) is 106 Å². The Labute approximate surface area is 207 Å². The Morgan fingerprint density at radius 2 is 1.88 bits per heavy atom. The van der Waals surface area contributed by atoms with Crippen LogP contribution in [0.5, 0.6) is 0 Å². The molecule has 4 rings (SSSR count). The molecule has 190 valence electrons. The van der Waals surface area contributed by atoms with Crippen LogP contribution in [-0.4, -0.2) is 22.0 Å². The van der Waals surface area contributed by atoms with Gasteiger partial charge in [-0.15, -0.1) is 0 Å². The zero-order chi connectivity index (χ0) is 25.1. The quantitative estimate of drug-likeness (QED) is 0.186. The molecule has 0 aliphatic heterocycles. The summed E-state index contributed by atoms with van der Waals surface area (Å²) in [6, 6.07) is 0. The molecule has 0 bridgehead atoms. The van der Waals surface area contributed by atoms with Crippen molar-refractivity contribution in [2.45, 2.75) is 106 Å². The Morgan fingerprint density at radius 3 is 2.53 bits per heavy atom. The van der Waals surface area contributed by atoms with Crippen molar-refractivity contribution in [1.29, 1.82) is 0 Å². The van der Waals surface area contributed by atoms with Crippen LogP contribution in [0.25, 0.3) is 0 Å². The number of allylic oxidation sites excluding steroid dienone is 3. The van der Waals surface area contributed by atoms with Gasteiger partial charge < -0.3 is 10.3 Å². The molecule has 0 aromatic rings. The largest absolute Gasteiger partial charge is 0.478 e. The number of rotatable bonds is 5. The number of oxime groups is 1. The summed E-state index contributed by atoms with van der Waals surface area (Å²) in [5.74, 6) is 1.66. The number of carboxylic acids is 1. The van der Waals surface area contributed by atoms with E-state index >= 15 is 0 Å². The fraction of sp³-hybridized carbons (Fsp3) is 0.800. The molecule has 0 amide bonds. The molecular weight excluding hydrogens is 422 g/mol. The molecule has 0 heterocycles. The molecule has 7 atom stereocenters. The van der Waals surface area contributed by atoms with Crippen molar-refractivity contribution in [1.82, 2.24) is 0 Å². The number of nitrogens with zero attached hydrogens (tertiary/aromatic N) is 1. The third kappa shape index (κ3) is 3.53. The molecule has 4 nitrogen and oxygen atoms in total. The second-order valence-corrected chi connectivity index (χ2v) is 13.5. The lowest BCUT2D eigenvalue weighted by Crippen LogP contribution is -2.57. The van der Waals surface area contributed by atoms with E-state index in [0.717, 1.165) is 37.8 Å². The van der Waals surface area contributed by atoms with E-state index in [4.69, 9.17) is 5.11 Å². The standard InChI is InChI=1S/C30H47NO3/c1-19(9-8-10-20(2)26(32)33)21-13-17-30(7)23-11-12-24-27(3,4)25(31-34)15-16-28(24,5)22(23)14-18-29(21,30)6/h10-11,19,21-22,24,34H,8-9,12-18H2,1-7H3,(H,32,33)/b20-10-,31-25+/t19-,21-,22+,24+,28-,29+,30-/m1/s1. The van der Waals surface area contributed by atoms with Gasteiger partial charge in [0.15, 0.2) is 0 Å². The van der Waals surface area contributed by atoms with E-state index in [0.29, 0.717) is 34.7 Å². The number of fused-ring (bicyclic) bond motifs is 5. The fourth-order valence-electron chi connectivity index (χ4n) is 9.51. The van der Waals surface area contributed by atoms with E-state index in [1.165, 1.54) is 25.7 Å². The van der Waals surface area contributed by atoms with Crippen molar-refractivity contribution < 1.29 is 15.1 Å². The molecule has 3 fully saturated rings. The summed E-state index contributed by atoms with van der Waals surface area (Å²) in [5, 5.41) is 22.6. The van der Waals surface area contributed by atoms with E-state index in [-0.39, 0.29) is 16.2 Å². The summed E-state index contributed by atoms with van der Waals surface area (Å²) in [7, 11) is 0. The number of aliphatic carboxylic acids is 1. The van der Waals surface area contributed by atoms with E-state index < -0.39 is 5.97 Å². The monoisotopic (exact) mass is 469 g/mol. The number of carboxylic acid groups (broad SMARTS) is 1. The van der Waals surface area contributed by atoms with Gasteiger partial charge >= 0.3 is 5.97 Å². The van der Waals surface area contributed by atoms with E-state index in [1.807, 2.05) is 6.08 Å². The average molecular weight is 470 g/mol. The average Bonchev–Trinajstić information content (AvgIpc) is 3.04. The predicted molar refractivity (Wildman–Crippen MR) is 138 cm³/mol. The molecule has 3 saturated carbocycles. The van der Waals surface area contributed by atoms with Gasteiger partial charge in [0.2, 0.25) is 0 Å². The number of hydrogen-bond acceptors (Lipinski definition) is 3. The Bertz CT molecular complexity index is 929. The summed E-state index contributed by atoms with van der Waals surface area (Å²) >= 11 is 0. The third-order valence-electron chi connectivity index (χ3n) is 11.9. The minimum absolute atomic E-state index is 0.0558. The normalized spacial score (nSPS) is 43.5. The van der Waals surface area contributed by atoms with Crippen molar-refractivity contribution in [3.05, 3.63) is 23.3 Å². The molecule has 0 aromatic heterocycles. The molecule has 4 aliphatic rings. The number of hydrogen-bond donors (Lipinski definition) is 2. The summed E-state index contributed by atoms with van der Waals surface area (Å²) in [6.07, 6.45) is 14.7. The van der Waals surface area contributed by atoms with E-state index in [2.05, 4.69) is 52.8 Å². The third-order valence-corrected chi connectivity index (χ3v) is 11.9. The second kappa shape index (κ2) is 8.52. The summed E-state index contributed by atoms with van der Waals surface area (Å²) in [4.78, 5) is 11.2. The van der Waals surface area contributed by atoms with Gasteiger partial charge in [-0.3, -0.25) is 0 Å². The Balaban J connectivity index is 1.59. The smallest absolute Gasteiger partial charge is 0.330 e. The van der Waals surface area contributed by atoms with Gasteiger partial charge in [0, 0.05) is 11.0 Å². The summed E-state index contributed by atoms with van der Waals surface area (Å²) in [6.45, 7) is 16.4. The van der Waals surface area contributed by atoms with Crippen LogP contribution in [0.3, 0.4) is 0 Å².